The van der Waals surface area contributed by atoms with Gasteiger partial charge in [0.1, 0.15) is 0 Å². The number of rotatable bonds is 4. The van der Waals surface area contributed by atoms with E-state index in [9.17, 15) is 10.1 Å². The molecule has 19 heavy (non-hydrogen) atoms. The number of nitro groups is 1. The zero-order chi connectivity index (χ0) is 14.2. The second-order valence-corrected chi connectivity index (χ2v) is 5.16. The first-order chi connectivity index (χ1) is 8.93. The van der Waals surface area contributed by atoms with Crippen LogP contribution >= 0.6 is 11.6 Å². The minimum atomic E-state index is -0.493. The lowest BCUT2D eigenvalue weighted by Crippen LogP contribution is -2.57. The fourth-order valence-corrected chi connectivity index (χ4v) is 2.34. The summed E-state index contributed by atoms with van der Waals surface area (Å²) < 4.78 is 5.06. The fraction of sp³-hybridized carbons (Fsp3) is 0.500. The molecule has 1 fully saturated rings. The van der Waals surface area contributed by atoms with Gasteiger partial charge in [0.2, 0.25) is 0 Å². The van der Waals surface area contributed by atoms with Crippen LogP contribution in [-0.2, 0) is 0 Å². The van der Waals surface area contributed by atoms with E-state index < -0.39 is 4.92 Å². The summed E-state index contributed by atoms with van der Waals surface area (Å²) in [5, 5.41) is 11.3. The molecule has 1 aromatic carbocycles. The van der Waals surface area contributed by atoms with Crippen molar-refractivity contribution in [2.24, 2.45) is 0 Å². The molecule has 1 heterocycles. The lowest BCUT2D eigenvalue weighted by atomic mass is 10.1. The number of ether oxygens (including phenoxy) is 1. The molecule has 2 rings (SSSR count). The van der Waals surface area contributed by atoms with Gasteiger partial charge in [0.15, 0.2) is 5.75 Å². The van der Waals surface area contributed by atoms with Gasteiger partial charge in [0, 0.05) is 31.3 Å². The molecule has 1 aromatic rings. The van der Waals surface area contributed by atoms with Crippen molar-refractivity contribution in [1.82, 2.24) is 4.90 Å². The van der Waals surface area contributed by atoms with Gasteiger partial charge in [0.25, 0.3) is 0 Å². The van der Waals surface area contributed by atoms with Crippen LogP contribution in [-0.4, -0.2) is 50.2 Å². The van der Waals surface area contributed by atoms with Crippen molar-refractivity contribution in [3.05, 3.63) is 27.3 Å². The standard InChI is InChI=1S/C12H16ClN3O3/c1-14(2)8-6-15(7-8)10-5-12(19-3)11(16(17)18)4-9(10)13/h4-5,8H,6-7H2,1-3H3. The molecule has 1 aliphatic rings. The molecular formula is C12H16ClN3O3. The molecule has 0 unspecified atom stereocenters. The average molecular weight is 286 g/mol. The summed E-state index contributed by atoms with van der Waals surface area (Å²) >= 11 is 6.12. The molecule has 0 saturated carbocycles. The molecule has 6 nitrogen and oxygen atoms in total. The number of likely N-dealkylation sites (N-methyl/N-ethyl adjacent to an activating group) is 1. The zero-order valence-corrected chi connectivity index (χ0v) is 11.8. The number of benzene rings is 1. The molecule has 0 spiro atoms. The molecular weight excluding hydrogens is 270 g/mol. The number of methoxy groups -OCH3 is 1. The summed E-state index contributed by atoms with van der Waals surface area (Å²) in [7, 11) is 5.47. The molecule has 1 aliphatic heterocycles. The minimum absolute atomic E-state index is 0.110. The summed E-state index contributed by atoms with van der Waals surface area (Å²) in [4.78, 5) is 14.6. The van der Waals surface area contributed by atoms with Crippen LogP contribution in [0.3, 0.4) is 0 Å². The van der Waals surface area contributed by atoms with Gasteiger partial charge in [-0.15, -0.1) is 0 Å². The Morgan fingerprint density at radius 1 is 1.47 bits per heavy atom. The van der Waals surface area contributed by atoms with Gasteiger partial charge < -0.3 is 14.5 Å². The Labute approximate surface area is 116 Å². The van der Waals surface area contributed by atoms with Crippen molar-refractivity contribution in [2.75, 3.05) is 39.2 Å². The highest BCUT2D eigenvalue weighted by molar-refractivity contribution is 6.33. The Balaban J connectivity index is 2.26. The van der Waals surface area contributed by atoms with Crippen LogP contribution in [0.15, 0.2) is 12.1 Å². The van der Waals surface area contributed by atoms with E-state index in [-0.39, 0.29) is 11.4 Å². The molecule has 0 aliphatic carbocycles. The van der Waals surface area contributed by atoms with Crippen LogP contribution in [0.5, 0.6) is 5.75 Å². The Bertz CT molecular complexity index is 501. The number of nitro benzene ring substituents is 1. The molecule has 0 radical (unpaired) electrons. The van der Waals surface area contributed by atoms with Crippen LogP contribution < -0.4 is 9.64 Å². The highest BCUT2D eigenvalue weighted by Gasteiger charge is 2.31. The number of anilines is 1. The molecule has 0 N–H and O–H groups in total. The largest absolute Gasteiger partial charge is 0.490 e. The quantitative estimate of drug-likeness (QED) is 0.625. The zero-order valence-electron chi connectivity index (χ0n) is 11.1. The molecule has 104 valence electrons. The second kappa shape index (κ2) is 5.22. The maximum Gasteiger partial charge on any atom is 0.312 e. The van der Waals surface area contributed by atoms with Crippen molar-refractivity contribution < 1.29 is 9.66 Å². The van der Waals surface area contributed by atoms with E-state index in [1.807, 2.05) is 14.1 Å². The maximum absolute atomic E-state index is 10.9. The Hall–Kier alpha value is -1.53. The number of hydrogen-bond donors (Lipinski definition) is 0. The monoisotopic (exact) mass is 285 g/mol. The van der Waals surface area contributed by atoms with E-state index in [0.29, 0.717) is 11.1 Å². The van der Waals surface area contributed by atoms with Crippen LogP contribution in [0, 0.1) is 10.1 Å². The predicted molar refractivity (Wildman–Crippen MR) is 74.3 cm³/mol. The SMILES string of the molecule is COc1cc(N2CC(N(C)C)C2)c(Cl)cc1[N+](=O)[O-]. The maximum atomic E-state index is 10.9. The Morgan fingerprint density at radius 3 is 2.58 bits per heavy atom. The van der Waals surface area contributed by atoms with Gasteiger partial charge >= 0.3 is 5.69 Å². The van der Waals surface area contributed by atoms with E-state index in [1.54, 1.807) is 6.07 Å². The molecule has 0 amide bonds. The first-order valence-corrected chi connectivity index (χ1v) is 6.25. The normalized spacial score (nSPS) is 15.5. The third-order valence-electron chi connectivity index (χ3n) is 3.38. The molecule has 0 bridgehead atoms. The van der Waals surface area contributed by atoms with Crippen LogP contribution in [0.4, 0.5) is 11.4 Å². The summed E-state index contributed by atoms with van der Waals surface area (Å²) in [5.74, 6) is 0.234. The van der Waals surface area contributed by atoms with Crippen LogP contribution in [0.1, 0.15) is 0 Å². The van der Waals surface area contributed by atoms with Gasteiger partial charge in [-0.3, -0.25) is 10.1 Å². The van der Waals surface area contributed by atoms with E-state index in [2.05, 4.69) is 9.80 Å². The van der Waals surface area contributed by atoms with Gasteiger partial charge in [-0.05, 0) is 14.1 Å². The van der Waals surface area contributed by atoms with Gasteiger partial charge in [-0.25, -0.2) is 0 Å². The highest BCUT2D eigenvalue weighted by Crippen LogP contribution is 2.39. The number of halogens is 1. The third kappa shape index (κ3) is 2.59. The van der Waals surface area contributed by atoms with Gasteiger partial charge in [-0.2, -0.15) is 0 Å². The van der Waals surface area contributed by atoms with Crippen molar-refractivity contribution in [3.8, 4) is 5.75 Å². The van der Waals surface area contributed by atoms with Gasteiger partial charge in [-0.1, -0.05) is 11.6 Å². The molecule has 0 aromatic heterocycles. The topological polar surface area (TPSA) is 58.8 Å². The van der Waals surface area contributed by atoms with E-state index in [1.165, 1.54) is 13.2 Å². The van der Waals surface area contributed by atoms with E-state index in [0.717, 1.165) is 18.8 Å². The second-order valence-electron chi connectivity index (χ2n) is 4.75. The van der Waals surface area contributed by atoms with E-state index >= 15 is 0 Å². The molecule has 0 atom stereocenters. The molecule has 1 saturated heterocycles. The lowest BCUT2D eigenvalue weighted by Gasteiger charge is -2.44. The van der Waals surface area contributed by atoms with Crippen molar-refractivity contribution >= 4 is 23.0 Å². The van der Waals surface area contributed by atoms with Gasteiger partial charge in [0.05, 0.1) is 22.7 Å². The Kier molecular flexibility index (Phi) is 3.82. The first kappa shape index (κ1) is 13.9. The number of hydrogen-bond acceptors (Lipinski definition) is 5. The van der Waals surface area contributed by atoms with Crippen LogP contribution in [0.25, 0.3) is 0 Å². The minimum Gasteiger partial charge on any atom is -0.490 e. The predicted octanol–water partition coefficient (Wildman–Crippen LogP) is 2.01. The smallest absolute Gasteiger partial charge is 0.312 e. The van der Waals surface area contributed by atoms with Crippen molar-refractivity contribution in [1.29, 1.82) is 0 Å². The highest BCUT2D eigenvalue weighted by atomic mass is 35.5. The number of nitrogens with zero attached hydrogens (tertiary/aromatic N) is 3. The fourth-order valence-electron chi connectivity index (χ4n) is 2.06. The first-order valence-electron chi connectivity index (χ1n) is 5.87. The summed E-state index contributed by atoms with van der Waals surface area (Å²) in [6.07, 6.45) is 0. The molecule has 7 heteroatoms. The Morgan fingerprint density at radius 2 is 2.11 bits per heavy atom. The van der Waals surface area contributed by atoms with Crippen molar-refractivity contribution in [2.45, 2.75) is 6.04 Å². The summed E-state index contributed by atoms with van der Waals surface area (Å²) in [5.41, 5.74) is 0.670. The van der Waals surface area contributed by atoms with Crippen molar-refractivity contribution in [3.63, 3.8) is 0 Å². The average Bonchev–Trinajstić information content (AvgIpc) is 2.28. The van der Waals surface area contributed by atoms with Crippen LogP contribution in [0.2, 0.25) is 5.02 Å². The lowest BCUT2D eigenvalue weighted by molar-refractivity contribution is -0.385. The third-order valence-corrected chi connectivity index (χ3v) is 3.68. The summed E-state index contributed by atoms with van der Waals surface area (Å²) in [6.45, 7) is 1.71. The summed E-state index contributed by atoms with van der Waals surface area (Å²) in [6, 6.07) is 3.46. The van der Waals surface area contributed by atoms with E-state index in [4.69, 9.17) is 16.3 Å².